The Morgan fingerprint density at radius 1 is 1.06 bits per heavy atom. The molecule has 1 aromatic heterocycles. The molecule has 0 bridgehead atoms. The van der Waals surface area contributed by atoms with E-state index >= 15 is 0 Å². The number of halogens is 1. The van der Waals surface area contributed by atoms with E-state index in [1.54, 1.807) is 12.3 Å². The topological polar surface area (TPSA) is 119 Å². The van der Waals surface area contributed by atoms with Crippen molar-refractivity contribution in [2.24, 2.45) is 5.10 Å². The molecule has 172 valence electrons. The maximum atomic E-state index is 13.2. The summed E-state index contributed by atoms with van der Waals surface area (Å²) in [7, 11) is 0. The van der Waals surface area contributed by atoms with Gasteiger partial charge in [0.2, 0.25) is 11.1 Å². The number of benzene rings is 3. The van der Waals surface area contributed by atoms with E-state index in [0.717, 1.165) is 23.1 Å². The maximum absolute atomic E-state index is 13.2. The number of nitrogens with two attached hydrogens (primary N) is 1. The summed E-state index contributed by atoms with van der Waals surface area (Å²) in [5.74, 6) is 6.85. The van der Waals surface area contributed by atoms with Crippen LogP contribution in [0.2, 0.25) is 0 Å². The van der Waals surface area contributed by atoms with Gasteiger partial charge in [0.15, 0.2) is 0 Å². The highest BCUT2D eigenvalue weighted by atomic mass is 32.2. The van der Waals surface area contributed by atoms with E-state index in [9.17, 15) is 9.18 Å². The first kappa shape index (κ1) is 22.8. The number of carbonyl (C=O) groups is 1. The van der Waals surface area contributed by atoms with Crippen LogP contribution in [0.25, 0.3) is 0 Å². The number of nitrogen functional groups attached to an aromatic ring is 1. The highest BCUT2D eigenvalue weighted by molar-refractivity contribution is 7.99. The SMILES string of the molecule is Nn1c(N/N=C/c2cccc(Oc3ccccc3)c2)nnc1SCC(=O)Nc1cccc(F)c1. The van der Waals surface area contributed by atoms with Gasteiger partial charge in [0.05, 0.1) is 12.0 Å². The summed E-state index contributed by atoms with van der Waals surface area (Å²) in [6, 6.07) is 22.5. The van der Waals surface area contributed by atoms with Crippen LogP contribution >= 0.6 is 11.8 Å². The van der Waals surface area contributed by atoms with Crippen molar-refractivity contribution in [3.8, 4) is 11.5 Å². The standard InChI is InChI=1S/C23H20FN7O2S/c24-17-7-5-8-18(13-17)27-21(32)15-34-23-30-29-22(31(23)25)28-26-14-16-6-4-11-20(12-16)33-19-9-2-1-3-10-19/h1-14H,15,25H2,(H,27,32)(H,28,29)/b26-14+. The average Bonchev–Trinajstić information content (AvgIpc) is 3.18. The molecule has 0 unspecified atom stereocenters. The minimum atomic E-state index is -0.432. The predicted octanol–water partition coefficient (Wildman–Crippen LogP) is 4.10. The van der Waals surface area contributed by atoms with Gasteiger partial charge in [-0.2, -0.15) is 5.10 Å². The summed E-state index contributed by atoms with van der Waals surface area (Å²) in [5.41, 5.74) is 3.89. The van der Waals surface area contributed by atoms with E-state index in [1.807, 2.05) is 54.6 Å². The normalized spacial score (nSPS) is 10.9. The van der Waals surface area contributed by atoms with Gasteiger partial charge in [-0.25, -0.2) is 14.5 Å². The monoisotopic (exact) mass is 477 g/mol. The van der Waals surface area contributed by atoms with Crippen LogP contribution < -0.4 is 21.3 Å². The zero-order valence-corrected chi connectivity index (χ0v) is 18.6. The molecule has 0 atom stereocenters. The number of carbonyl (C=O) groups excluding carboxylic acids is 1. The van der Waals surface area contributed by atoms with Crippen molar-refractivity contribution in [1.29, 1.82) is 0 Å². The molecule has 0 saturated carbocycles. The minimum Gasteiger partial charge on any atom is -0.457 e. The number of para-hydroxylation sites is 1. The molecule has 11 heteroatoms. The number of hydrogen-bond acceptors (Lipinski definition) is 8. The number of nitrogens with one attached hydrogen (secondary N) is 2. The van der Waals surface area contributed by atoms with E-state index in [-0.39, 0.29) is 17.6 Å². The third kappa shape index (κ3) is 6.33. The molecule has 3 aromatic carbocycles. The lowest BCUT2D eigenvalue weighted by molar-refractivity contribution is -0.113. The third-order valence-electron chi connectivity index (χ3n) is 4.32. The minimum absolute atomic E-state index is 0.0172. The first-order chi connectivity index (χ1) is 16.6. The summed E-state index contributed by atoms with van der Waals surface area (Å²) in [4.78, 5) is 12.1. The number of thioether (sulfide) groups is 1. The first-order valence-electron chi connectivity index (χ1n) is 10.1. The van der Waals surface area contributed by atoms with Crippen molar-refractivity contribution < 1.29 is 13.9 Å². The fourth-order valence-corrected chi connectivity index (χ4v) is 3.45. The Hall–Kier alpha value is -4.38. The summed E-state index contributed by atoms with van der Waals surface area (Å²) in [5, 5.41) is 14.9. The van der Waals surface area contributed by atoms with Gasteiger partial charge in [0.1, 0.15) is 17.3 Å². The molecule has 0 fully saturated rings. The van der Waals surface area contributed by atoms with Crippen molar-refractivity contribution in [2.75, 3.05) is 22.3 Å². The van der Waals surface area contributed by atoms with E-state index in [4.69, 9.17) is 10.6 Å². The molecule has 0 aliphatic heterocycles. The number of rotatable bonds is 9. The molecular formula is C23H20FN7O2S. The fourth-order valence-electron chi connectivity index (χ4n) is 2.79. The molecular weight excluding hydrogens is 457 g/mol. The lowest BCUT2D eigenvalue weighted by atomic mass is 10.2. The van der Waals surface area contributed by atoms with Crippen LogP contribution in [-0.2, 0) is 4.79 Å². The van der Waals surface area contributed by atoms with E-state index in [0.29, 0.717) is 16.6 Å². The summed E-state index contributed by atoms with van der Waals surface area (Å²) in [6.45, 7) is 0. The Balaban J connectivity index is 1.30. The number of aromatic nitrogens is 3. The van der Waals surface area contributed by atoms with Gasteiger partial charge in [-0.05, 0) is 48.0 Å². The van der Waals surface area contributed by atoms with Crippen LogP contribution in [0, 0.1) is 5.82 Å². The van der Waals surface area contributed by atoms with E-state index in [2.05, 4.69) is 26.0 Å². The lowest BCUT2D eigenvalue weighted by Crippen LogP contribution is -2.17. The molecule has 0 aliphatic rings. The van der Waals surface area contributed by atoms with Gasteiger partial charge < -0.3 is 15.9 Å². The number of hydrazone groups is 1. The highest BCUT2D eigenvalue weighted by Gasteiger charge is 2.12. The van der Waals surface area contributed by atoms with Gasteiger partial charge in [-0.3, -0.25) is 4.79 Å². The zero-order valence-electron chi connectivity index (χ0n) is 17.8. The van der Waals surface area contributed by atoms with Gasteiger partial charge >= 0.3 is 0 Å². The Kier molecular flexibility index (Phi) is 7.35. The molecule has 0 radical (unpaired) electrons. The van der Waals surface area contributed by atoms with E-state index in [1.165, 1.54) is 22.9 Å². The Labute approximate surface area is 198 Å². The molecule has 4 aromatic rings. The molecule has 0 saturated heterocycles. The van der Waals surface area contributed by atoms with Crippen LogP contribution in [0.5, 0.6) is 11.5 Å². The number of anilines is 2. The number of ether oxygens (including phenoxy) is 1. The first-order valence-corrected chi connectivity index (χ1v) is 11.1. The molecule has 0 spiro atoms. The second-order valence-corrected chi connectivity index (χ2v) is 7.82. The highest BCUT2D eigenvalue weighted by Crippen LogP contribution is 2.21. The van der Waals surface area contributed by atoms with E-state index < -0.39 is 5.82 Å². The summed E-state index contributed by atoms with van der Waals surface area (Å²) >= 11 is 1.08. The van der Waals surface area contributed by atoms with Gasteiger partial charge in [0, 0.05) is 5.69 Å². The van der Waals surface area contributed by atoms with Gasteiger partial charge in [-0.1, -0.05) is 48.2 Å². The van der Waals surface area contributed by atoms with Gasteiger partial charge in [0.25, 0.3) is 5.95 Å². The van der Waals surface area contributed by atoms with Crippen molar-refractivity contribution >= 4 is 35.5 Å². The molecule has 4 N–H and O–H groups in total. The quantitative estimate of drug-likeness (QED) is 0.144. The molecule has 34 heavy (non-hydrogen) atoms. The predicted molar refractivity (Wildman–Crippen MR) is 130 cm³/mol. The second kappa shape index (κ2) is 11.0. The Bertz CT molecular complexity index is 1300. The smallest absolute Gasteiger partial charge is 0.264 e. The Morgan fingerprint density at radius 3 is 2.68 bits per heavy atom. The second-order valence-electron chi connectivity index (χ2n) is 6.88. The maximum Gasteiger partial charge on any atom is 0.264 e. The van der Waals surface area contributed by atoms with Gasteiger partial charge in [-0.15, -0.1) is 10.2 Å². The summed E-state index contributed by atoms with van der Waals surface area (Å²) in [6.07, 6.45) is 1.59. The third-order valence-corrected chi connectivity index (χ3v) is 5.26. The van der Waals surface area contributed by atoms with Crippen LogP contribution in [-0.4, -0.2) is 32.7 Å². The molecule has 1 amide bonds. The average molecular weight is 478 g/mol. The van der Waals surface area contributed by atoms with Crippen LogP contribution in [0.15, 0.2) is 89.1 Å². The largest absolute Gasteiger partial charge is 0.457 e. The summed E-state index contributed by atoms with van der Waals surface area (Å²) < 4.78 is 20.2. The molecule has 1 heterocycles. The number of nitrogens with zero attached hydrogens (tertiary/aromatic N) is 4. The van der Waals surface area contributed by atoms with Crippen LogP contribution in [0.1, 0.15) is 5.56 Å². The lowest BCUT2D eigenvalue weighted by Gasteiger charge is -2.06. The van der Waals surface area contributed by atoms with Crippen molar-refractivity contribution in [1.82, 2.24) is 14.9 Å². The molecule has 9 nitrogen and oxygen atoms in total. The number of hydrogen-bond donors (Lipinski definition) is 3. The fraction of sp³-hybridized carbons (Fsp3) is 0.0435. The van der Waals surface area contributed by atoms with Crippen molar-refractivity contribution in [3.05, 3.63) is 90.2 Å². The van der Waals surface area contributed by atoms with Crippen LogP contribution in [0.3, 0.4) is 0 Å². The van der Waals surface area contributed by atoms with Crippen LogP contribution in [0.4, 0.5) is 16.0 Å². The Morgan fingerprint density at radius 2 is 1.85 bits per heavy atom. The number of amides is 1. The molecule has 0 aliphatic carbocycles. The van der Waals surface area contributed by atoms with Crippen molar-refractivity contribution in [2.45, 2.75) is 5.16 Å². The molecule has 4 rings (SSSR count). The van der Waals surface area contributed by atoms with Crippen molar-refractivity contribution in [3.63, 3.8) is 0 Å². The zero-order chi connectivity index (χ0) is 23.8.